The van der Waals surface area contributed by atoms with Gasteiger partial charge in [-0.25, -0.2) is 0 Å². The van der Waals surface area contributed by atoms with E-state index in [4.69, 9.17) is 10.00 Å². The molecule has 23 heavy (non-hydrogen) atoms. The van der Waals surface area contributed by atoms with Crippen LogP contribution < -0.4 is 9.64 Å². The van der Waals surface area contributed by atoms with Crippen molar-refractivity contribution in [3.8, 4) is 11.8 Å². The van der Waals surface area contributed by atoms with Crippen LogP contribution in [0.25, 0.3) is 0 Å². The van der Waals surface area contributed by atoms with Gasteiger partial charge in [0.25, 0.3) is 5.91 Å². The normalized spacial score (nSPS) is 13.7. The van der Waals surface area contributed by atoms with E-state index in [0.717, 1.165) is 18.7 Å². The number of carbonyl (C=O) groups is 2. The molecular formula is C17H21N3O3. The van der Waals surface area contributed by atoms with Crippen molar-refractivity contribution < 1.29 is 14.3 Å². The number of hydrogen-bond donors (Lipinski definition) is 0. The van der Waals surface area contributed by atoms with E-state index in [1.54, 1.807) is 21.9 Å². The van der Waals surface area contributed by atoms with Crippen LogP contribution in [0.5, 0.6) is 5.75 Å². The summed E-state index contributed by atoms with van der Waals surface area (Å²) in [6.07, 6.45) is 1.76. The summed E-state index contributed by atoms with van der Waals surface area (Å²) in [5.74, 6) is 0.532. The molecule has 0 saturated carbocycles. The van der Waals surface area contributed by atoms with Gasteiger partial charge in [0, 0.05) is 37.8 Å². The van der Waals surface area contributed by atoms with Gasteiger partial charge in [0.15, 0.2) is 6.61 Å². The van der Waals surface area contributed by atoms with E-state index in [9.17, 15) is 9.59 Å². The molecule has 1 aliphatic heterocycles. The van der Waals surface area contributed by atoms with Crippen LogP contribution in [-0.4, -0.2) is 43.0 Å². The summed E-state index contributed by atoms with van der Waals surface area (Å²) >= 11 is 0. The standard InChI is InChI=1S/C17H21N3O3/c1-2-19(10-5-9-18)17(22)13-23-15-7-3-6-14(12-15)20-11-4-8-16(20)21/h3,6-7,12H,2,4-5,8,10-11,13H2,1H3. The first-order valence-electron chi connectivity index (χ1n) is 7.83. The molecule has 1 aliphatic rings. The van der Waals surface area contributed by atoms with Crippen LogP contribution >= 0.6 is 0 Å². The third kappa shape index (κ3) is 4.46. The summed E-state index contributed by atoms with van der Waals surface area (Å²) in [7, 11) is 0. The fraction of sp³-hybridized carbons (Fsp3) is 0.471. The van der Waals surface area contributed by atoms with Gasteiger partial charge in [-0.1, -0.05) is 6.07 Å². The molecule has 1 saturated heterocycles. The highest BCUT2D eigenvalue weighted by molar-refractivity contribution is 5.95. The highest BCUT2D eigenvalue weighted by Gasteiger charge is 2.22. The molecule has 122 valence electrons. The molecule has 0 aromatic heterocycles. The molecule has 0 aliphatic carbocycles. The van der Waals surface area contributed by atoms with E-state index in [-0.39, 0.29) is 18.4 Å². The van der Waals surface area contributed by atoms with E-state index in [2.05, 4.69) is 0 Å². The van der Waals surface area contributed by atoms with Crippen molar-refractivity contribution in [1.29, 1.82) is 5.26 Å². The molecule has 0 N–H and O–H groups in total. The predicted molar refractivity (Wildman–Crippen MR) is 86.0 cm³/mol. The fourth-order valence-electron chi connectivity index (χ4n) is 2.54. The molecule has 1 aromatic rings. The van der Waals surface area contributed by atoms with E-state index >= 15 is 0 Å². The lowest BCUT2D eigenvalue weighted by Gasteiger charge is -2.20. The number of ether oxygens (including phenoxy) is 1. The minimum absolute atomic E-state index is 0.0727. The highest BCUT2D eigenvalue weighted by Crippen LogP contribution is 2.25. The Morgan fingerprint density at radius 1 is 1.48 bits per heavy atom. The van der Waals surface area contributed by atoms with Gasteiger partial charge in [0.1, 0.15) is 5.75 Å². The maximum Gasteiger partial charge on any atom is 0.260 e. The van der Waals surface area contributed by atoms with Crippen molar-refractivity contribution in [2.75, 3.05) is 31.1 Å². The molecule has 0 spiro atoms. The lowest BCUT2D eigenvalue weighted by Crippen LogP contribution is -2.35. The van der Waals surface area contributed by atoms with Crippen LogP contribution in [0.3, 0.4) is 0 Å². The topological polar surface area (TPSA) is 73.6 Å². The fourth-order valence-corrected chi connectivity index (χ4v) is 2.54. The molecule has 0 unspecified atom stereocenters. The third-order valence-corrected chi connectivity index (χ3v) is 3.79. The number of benzene rings is 1. The molecule has 2 amide bonds. The van der Waals surface area contributed by atoms with Gasteiger partial charge in [0.05, 0.1) is 12.5 Å². The van der Waals surface area contributed by atoms with E-state index in [1.165, 1.54) is 0 Å². The van der Waals surface area contributed by atoms with Crippen molar-refractivity contribution in [2.24, 2.45) is 0 Å². The summed E-state index contributed by atoms with van der Waals surface area (Å²) in [5.41, 5.74) is 0.800. The van der Waals surface area contributed by atoms with Gasteiger partial charge < -0.3 is 14.5 Å². The number of amides is 2. The van der Waals surface area contributed by atoms with Gasteiger partial charge in [-0.3, -0.25) is 9.59 Å². The van der Waals surface area contributed by atoms with Crippen molar-refractivity contribution in [3.63, 3.8) is 0 Å². The number of anilines is 1. The summed E-state index contributed by atoms with van der Waals surface area (Å²) in [6, 6.07) is 9.26. The Bertz CT molecular complexity index is 609. The first-order valence-corrected chi connectivity index (χ1v) is 7.83. The maximum absolute atomic E-state index is 12.1. The Morgan fingerprint density at radius 2 is 2.30 bits per heavy atom. The largest absolute Gasteiger partial charge is 0.484 e. The first kappa shape index (κ1) is 16.8. The minimum Gasteiger partial charge on any atom is -0.484 e. The summed E-state index contributed by atoms with van der Waals surface area (Å²) in [4.78, 5) is 27.2. The Morgan fingerprint density at radius 3 is 2.96 bits per heavy atom. The Labute approximate surface area is 136 Å². The van der Waals surface area contributed by atoms with E-state index in [1.807, 2.05) is 25.1 Å². The molecule has 1 heterocycles. The van der Waals surface area contributed by atoms with Gasteiger partial charge >= 0.3 is 0 Å². The lowest BCUT2D eigenvalue weighted by molar-refractivity contribution is -0.133. The van der Waals surface area contributed by atoms with Crippen LogP contribution in [0, 0.1) is 11.3 Å². The van der Waals surface area contributed by atoms with Crippen LogP contribution in [0.1, 0.15) is 26.2 Å². The average molecular weight is 315 g/mol. The molecule has 0 atom stereocenters. The van der Waals surface area contributed by atoms with Crippen molar-refractivity contribution >= 4 is 17.5 Å². The SMILES string of the molecule is CCN(CCC#N)C(=O)COc1cccc(N2CCCC2=O)c1. The van der Waals surface area contributed by atoms with Crippen LogP contribution in [-0.2, 0) is 9.59 Å². The number of likely N-dealkylation sites (N-methyl/N-ethyl adjacent to an activating group) is 1. The zero-order valence-electron chi connectivity index (χ0n) is 13.3. The molecule has 6 heteroatoms. The smallest absolute Gasteiger partial charge is 0.260 e. The van der Waals surface area contributed by atoms with Crippen molar-refractivity contribution in [2.45, 2.75) is 26.2 Å². The van der Waals surface area contributed by atoms with Crippen LogP contribution in [0.4, 0.5) is 5.69 Å². The zero-order valence-corrected chi connectivity index (χ0v) is 13.3. The van der Waals surface area contributed by atoms with Gasteiger partial charge in [0.2, 0.25) is 5.91 Å². The highest BCUT2D eigenvalue weighted by atomic mass is 16.5. The second-order valence-electron chi connectivity index (χ2n) is 5.32. The van der Waals surface area contributed by atoms with Crippen molar-refractivity contribution in [3.05, 3.63) is 24.3 Å². The summed E-state index contributed by atoms with van der Waals surface area (Å²) in [6.45, 7) is 3.48. The molecule has 2 rings (SSSR count). The number of nitrogens with zero attached hydrogens (tertiary/aromatic N) is 3. The number of hydrogen-bond acceptors (Lipinski definition) is 4. The minimum atomic E-state index is -0.148. The second kappa shape index (κ2) is 8.18. The van der Waals surface area contributed by atoms with Gasteiger partial charge in [-0.15, -0.1) is 0 Å². The average Bonchev–Trinajstić information content (AvgIpc) is 3.00. The second-order valence-corrected chi connectivity index (χ2v) is 5.32. The van der Waals surface area contributed by atoms with E-state index < -0.39 is 0 Å². The Balaban J connectivity index is 1.94. The quantitative estimate of drug-likeness (QED) is 0.771. The molecule has 1 aromatic carbocycles. The number of carbonyl (C=O) groups excluding carboxylic acids is 2. The number of nitriles is 1. The molecular weight excluding hydrogens is 294 g/mol. The molecule has 1 fully saturated rings. The summed E-state index contributed by atoms with van der Waals surface area (Å²) < 4.78 is 5.55. The van der Waals surface area contributed by atoms with Gasteiger partial charge in [-0.05, 0) is 25.5 Å². The molecule has 0 bridgehead atoms. The number of rotatable bonds is 7. The van der Waals surface area contributed by atoms with E-state index in [0.29, 0.717) is 31.7 Å². The maximum atomic E-state index is 12.1. The van der Waals surface area contributed by atoms with Gasteiger partial charge in [-0.2, -0.15) is 5.26 Å². The zero-order chi connectivity index (χ0) is 16.7. The van der Waals surface area contributed by atoms with Crippen molar-refractivity contribution in [1.82, 2.24) is 4.90 Å². The third-order valence-electron chi connectivity index (χ3n) is 3.79. The van der Waals surface area contributed by atoms with Crippen LogP contribution in [0.2, 0.25) is 0 Å². The summed E-state index contributed by atoms with van der Waals surface area (Å²) in [5, 5.41) is 8.60. The Hall–Kier alpha value is -2.55. The first-order chi connectivity index (χ1) is 11.2. The Kier molecular flexibility index (Phi) is 5.98. The molecule has 0 radical (unpaired) electrons. The predicted octanol–water partition coefficient (Wildman–Crippen LogP) is 1.95. The monoisotopic (exact) mass is 315 g/mol. The lowest BCUT2D eigenvalue weighted by atomic mass is 10.3. The van der Waals surface area contributed by atoms with Crippen LogP contribution in [0.15, 0.2) is 24.3 Å². The molecule has 6 nitrogen and oxygen atoms in total.